The van der Waals surface area contributed by atoms with Gasteiger partial charge in [0.05, 0.1) is 7.11 Å². The largest absolute Gasteiger partial charge is 0.466 e. The highest BCUT2D eigenvalue weighted by molar-refractivity contribution is 6.74. The third kappa shape index (κ3) is 7.12. The van der Waals surface area contributed by atoms with Crippen LogP contribution in [0.3, 0.4) is 0 Å². The van der Waals surface area contributed by atoms with E-state index in [1.807, 2.05) is 12.1 Å². The summed E-state index contributed by atoms with van der Waals surface area (Å²) in [7, 11) is -0.460. The summed E-state index contributed by atoms with van der Waals surface area (Å²) in [5.74, 6) is -0.497. The zero-order valence-electron chi connectivity index (χ0n) is 22.1. The molecule has 0 radical (unpaired) electrons. The van der Waals surface area contributed by atoms with Crippen molar-refractivity contribution >= 4 is 20.4 Å². The quantitative estimate of drug-likeness (QED) is 0.212. The van der Waals surface area contributed by atoms with Crippen LogP contribution in [0.1, 0.15) is 55.5 Å². The van der Waals surface area contributed by atoms with Crippen molar-refractivity contribution in [1.29, 1.82) is 0 Å². The van der Waals surface area contributed by atoms with Crippen molar-refractivity contribution in [1.82, 2.24) is 4.90 Å². The van der Waals surface area contributed by atoms with Crippen LogP contribution in [0.25, 0.3) is 6.08 Å². The molecule has 1 atom stereocenters. The number of fused-ring (bicyclic) bond motifs is 1. The van der Waals surface area contributed by atoms with Crippen molar-refractivity contribution < 1.29 is 18.3 Å². The third-order valence-corrected chi connectivity index (χ3v) is 12.1. The van der Waals surface area contributed by atoms with Gasteiger partial charge in [-0.25, -0.2) is 9.18 Å². The number of esters is 1. The zero-order chi connectivity index (χ0) is 25.6. The molecule has 0 spiro atoms. The average Bonchev–Trinajstić information content (AvgIpc) is 3.23. The van der Waals surface area contributed by atoms with Crippen LogP contribution in [0.2, 0.25) is 18.1 Å². The van der Waals surface area contributed by atoms with Crippen LogP contribution >= 0.6 is 0 Å². The second-order valence-corrected chi connectivity index (χ2v) is 15.7. The van der Waals surface area contributed by atoms with E-state index in [1.165, 1.54) is 30.4 Å². The number of halogens is 1. The summed E-state index contributed by atoms with van der Waals surface area (Å²) in [5.41, 5.74) is 4.38. The lowest BCUT2D eigenvalue weighted by atomic mass is 10.0. The van der Waals surface area contributed by atoms with Crippen molar-refractivity contribution in [2.45, 2.75) is 64.2 Å². The lowest BCUT2D eigenvalue weighted by molar-refractivity contribution is -0.134. The Hall–Kier alpha value is -2.28. The third-order valence-electron chi connectivity index (χ3n) is 7.54. The molecule has 6 heteroatoms. The molecule has 4 nitrogen and oxygen atoms in total. The van der Waals surface area contributed by atoms with Crippen molar-refractivity contribution in [3.8, 4) is 0 Å². The number of hydrogen-bond acceptors (Lipinski definition) is 4. The molecule has 0 N–H and O–H groups in total. The molecule has 0 fully saturated rings. The molecular weight excluding hydrogens is 457 g/mol. The Morgan fingerprint density at radius 2 is 1.91 bits per heavy atom. The number of carbonyl (C=O) groups is 1. The Labute approximate surface area is 211 Å². The van der Waals surface area contributed by atoms with Crippen LogP contribution in [-0.2, 0) is 26.8 Å². The smallest absolute Gasteiger partial charge is 0.330 e. The van der Waals surface area contributed by atoms with E-state index >= 15 is 0 Å². The molecule has 1 aliphatic rings. The van der Waals surface area contributed by atoms with Gasteiger partial charge in [-0.15, -0.1) is 0 Å². The summed E-state index contributed by atoms with van der Waals surface area (Å²) in [6, 6.07) is 13.7. The van der Waals surface area contributed by atoms with Crippen LogP contribution in [0, 0.1) is 5.82 Å². The zero-order valence-corrected chi connectivity index (χ0v) is 23.1. The predicted molar refractivity (Wildman–Crippen MR) is 143 cm³/mol. The fourth-order valence-corrected chi connectivity index (χ4v) is 5.39. The molecular formula is C29H40FNO3Si. The van der Waals surface area contributed by atoms with Gasteiger partial charge in [-0.05, 0) is 71.8 Å². The molecule has 0 aliphatic heterocycles. The maximum Gasteiger partial charge on any atom is 0.330 e. The van der Waals surface area contributed by atoms with E-state index < -0.39 is 8.32 Å². The molecule has 2 aromatic rings. The van der Waals surface area contributed by atoms with Gasteiger partial charge in [-0.3, -0.25) is 4.90 Å². The number of methoxy groups -OCH3 is 1. The number of rotatable bonds is 10. The molecule has 0 amide bonds. The van der Waals surface area contributed by atoms with Gasteiger partial charge in [-0.1, -0.05) is 57.2 Å². The van der Waals surface area contributed by atoms with Crippen LogP contribution in [0.4, 0.5) is 4.39 Å². The highest BCUT2D eigenvalue weighted by Crippen LogP contribution is 2.38. The second kappa shape index (κ2) is 11.6. The molecule has 190 valence electrons. The van der Waals surface area contributed by atoms with E-state index in [9.17, 15) is 9.18 Å². The van der Waals surface area contributed by atoms with Crippen LogP contribution in [-0.4, -0.2) is 46.0 Å². The van der Waals surface area contributed by atoms with E-state index in [1.54, 1.807) is 12.1 Å². The van der Waals surface area contributed by atoms with Crippen molar-refractivity contribution in [2.75, 3.05) is 26.8 Å². The van der Waals surface area contributed by atoms with Crippen molar-refractivity contribution in [3.05, 3.63) is 76.6 Å². The first kappa shape index (κ1) is 27.3. The van der Waals surface area contributed by atoms with Crippen molar-refractivity contribution in [2.24, 2.45) is 0 Å². The summed E-state index contributed by atoms with van der Waals surface area (Å²) in [6.07, 6.45) is 5.92. The normalized spacial score (nSPS) is 16.2. The van der Waals surface area contributed by atoms with Crippen molar-refractivity contribution in [3.63, 3.8) is 0 Å². The minimum Gasteiger partial charge on any atom is -0.466 e. The lowest BCUT2D eigenvalue weighted by Gasteiger charge is -2.37. The SMILES string of the molecule is COC(=O)/C=C/c1ccc2c(c1)CCC2N(CCO[Si](C)(C)C(C)(C)C)CCc1ccccc1F. The van der Waals surface area contributed by atoms with Gasteiger partial charge < -0.3 is 9.16 Å². The first-order valence-electron chi connectivity index (χ1n) is 12.5. The standard InChI is InChI=1S/C29H40FNO3Si/c1-29(2,3)35(5,6)34-20-19-31(18-17-23-9-7-8-10-26(23)30)27-15-13-24-21-22(11-14-25(24)27)12-16-28(32)33-4/h7-12,14,16,21,27H,13,15,17-20H2,1-6H3/b16-12+. The Morgan fingerprint density at radius 3 is 2.60 bits per heavy atom. The van der Waals surface area contributed by atoms with Gasteiger partial charge in [0.15, 0.2) is 8.32 Å². The first-order chi connectivity index (χ1) is 16.5. The number of carbonyl (C=O) groups excluding carboxylic acids is 1. The molecule has 0 aromatic heterocycles. The van der Waals surface area contributed by atoms with E-state index in [4.69, 9.17) is 9.16 Å². The predicted octanol–water partition coefficient (Wildman–Crippen LogP) is 6.57. The molecule has 35 heavy (non-hydrogen) atoms. The van der Waals surface area contributed by atoms with Crippen LogP contribution in [0.15, 0.2) is 48.5 Å². The highest BCUT2D eigenvalue weighted by atomic mass is 28.4. The van der Waals surface area contributed by atoms with E-state index in [-0.39, 0.29) is 22.9 Å². The monoisotopic (exact) mass is 497 g/mol. The molecule has 0 bridgehead atoms. The molecule has 2 aromatic carbocycles. The maximum absolute atomic E-state index is 14.3. The van der Waals surface area contributed by atoms with E-state index in [2.05, 4.69) is 57.0 Å². The molecule has 3 rings (SSSR count). The molecule has 1 unspecified atom stereocenters. The number of hydrogen-bond donors (Lipinski definition) is 0. The van der Waals surface area contributed by atoms with Gasteiger partial charge in [0.2, 0.25) is 0 Å². The summed E-state index contributed by atoms with van der Waals surface area (Å²) < 4.78 is 25.5. The van der Waals surface area contributed by atoms with Gasteiger partial charge >= 0.3 is 5.97 Å². The summed E-state index contributed by atoms with van der Waals surface area (Å²) >= 11 is 0. The minimum absolute atomic E-state index is 0.140. The highest BCUT2D eigenvalue weighted by Gasteiger charge is 2.37. The minimum atomic E-state index is -1.84. The number of benzene rings is 2. The number of nitrogens with zero attached hydrogens (tertiary/aromatic N) is 1. The summed E-state index contributed by atoms with van der Waals surface area (Å²) in [4.78, 5) is 13.9. The fourth-order valence-electron chi connectivity index (χ4n) is 4.35. The molecule has 1 aliphatic carbocycles. The van der Waals surface area contributed by atoms with Gasteiger partial charge in [0, 0.05) is 31.8 Å². The molecule has 0 saturated carbocycles. The van der Waals surface area contributed by atoms with E-state index in [0.29, 0.717) is 13.0 Å². The molecule has 0 heterocycles. The number of ether oxygens (including phenoxy) is 1. The van der Waals surface area contributed by atoms with Gasteiger partial charge in [0.1, 0.15) is 5.82 Å². The van der Waals surface area contributed by atoms with Gasteiger partial charge in [0.25, 0.3) is 0 Å². The second-order valence-electron chi connectivity index (χ2n) is 10.9. The number of aryl methyl sites for hydroxylation is 1. The summed E-state index contributed by atoms with van der Waals surface area (Å²) in [5, 5.41) is 0.166. The fraction of sp³-hybridized carbons (Fsp3) is 0.483. The molecule has 0 saturated heterocycles. The van der Waals surface area contributed by atoms with E-state index in [0.717, 1.165) is 37.1 Å². The Kier molecular flexibility index (Phi) is 9.08. The first-order valence-corrected chi connectivity index (χ1v) is 15.4. The van der Waals surface area contributed by atoms with Crippen LogP contribution < -0.4 is 0 Å². The maximum atomic E-state index is 14.3. The summed E-state index contributed by atoms with van der Waals surface area (Å²) in [6.45, 7) is 13.6. The average molecular weight is 498 g/mol. The Balaban J connectivity index is 1.76. The van der Waals surface area contributed by atoms with Crippen LogP contribution in [0.5, 0.6) is 0 Å². The lowest BCUT2D eigenvalue weighted by Crippen LogP contribution is -2.43. The topological polar surface area (TPSA) is 38.8 Å². The Morgan fingerprint density at radius 1 is 1.17 bits per heavy atom. The van der Waals surface area contributed by atoms with Gasteiger partial charge in [-0.2, -0.15) is 0 Å². The Bertz CT molecular complexity index is 1040.